The fourth-order valence-corrected chi connectivity index (χ4v) is 8.14. The van der Waals surface area contributed by atoms with E-state index in [4.69, 9.17) is 0 Å². The summed E-state index contributed by atoms with van der Waals surface area (Å²) < 4.78 is 2.66. The first kappa shape index (κ1) is 24.4. The molecule has 0 spiro atoms. The quantitative estimate of drug-likeness (QED) is 0.188. The van der Waals surface area contributed by atoms with Crippen molar-refractivity contribution in [3.05, 3.63) is 158 Å². The average Bonchev–Trinajstić information content (AvgIpc) is 3.46. The van der Waals surface area contributed by atoms with Gasteiger partial charge in [0.15, 0.2) is 0 Å². The van der Waals surface area contributed by atoms with E-state index in [1.165, 1.54) is 85.9 Å². The molecule has 43 heavy (non-hydrogen) atoms. The lowest BCUT2D eigenvalue weighted by Crippen LogP contribution is -1.92. The second-order valence-electron chi connectivity index (χ2n) is 11.2. The molecule has 1 heteroatoms. The van der Waals surface area contributed by atoms with Crippen molar-refractivity contribution in [1.29, 1.82) is 0 Å². The number of hydrogen-bond donors (Lipinski definition) is 0. The van der Waals surface area contributed by atoms with Crippen LogP contribution < -0.4 is 0 Å². The van der Waals surface area contributed by atoms with Gasteiger partial charge in [0.05, 0.1) is 0 Å². The predicted molar refractivity (Wildman–Crippen MR) is 188 cm³/mol. The van der Waals surface area contributed by atoms with E-state index in [0.29, 0.717) is 0 Å². The summed E-state index contributed by atoms with van der Waals surface area (Å²) in [5.41, 5.74) is 7.64. The van der Waals surface area contributed by atoms with Gasteiger partial charge in [0.25, 0.3) is 0 Å². The maximum Gasteiger partial charge on any atom is 0.0361 e. The van der Waals surface area contributed by atoms with E-state index in [1.54, 1.807) is 0 Å². The van der Waals surface area contributed by atoms with Gasteiger partial charge in [-0.3, -0.25) is 0 Å². The Balaban J connectivity index is 1.46. The molecule has 1 aromatic heterocycles. The van der Waals surface area contributed by atoms with Gasteiger partial charge in [0.1, 0.15) is 0 Å². The minimum absolute atomic E-state index is 1.24. The summed E-state index contributed by atoms with van der Waals surface area (Å²) in [6.07, 6.45) is 0. The molecule has 0 nitrogen and oxygen atoms in total. The lowest BCUT2D eigenvalue weighted by atomic mass is 9.83. The van der Waals surface area contributed by atoms with Crippen molar-refractivity contribution in [2.45, 2.75) is 0 Å². The van der Waals surface area contributed by atoms with Crippen LogP contribution in [0.5, 0.6) is 0 Å². The second kappa shape index (κ2) is 9.66. The smallest absolute Gasteiger partial charge is 0.0361 e. The van der Waals surface area contributed by atoms with Crippen LogP contribution in [0.15, 0.2) is 158 Å². The zero-order valence-corrected chi connectivity index (χ0v) is 24.2. The van der Waals surface area contributed by atoms with Crippen LogP contribution in [0, 0.1) is 0 Å². The van der Waals surface area contributed by atoms with Crippen LogP contribution in [-0.4, -0.2) is 0 Å². The van der Waals surface area contributed by atoms with Crippen molar-refractivity contribution < 1.29 is 0 Å². The number of thiophene rings is 1. The molecule has 0 bridgehead atoms. The Morgan fingerprint density at radius 3 is 1.79 bits per heavy atom. The van der Waals surface area contributed by atoms with E-state index < -0.39 is 0 Å². The zero-order valence-electron chi connectivity index (χ0n) is 23.4. The first-order chi connectivity index (χ1) is 21.3. The summed E-state index contributed by atoms with van der Waals surface area (Å²) in [4.78, 5) is 0. The highest BCUT2D eigenvalue weighted by atomic mass is 32.1. The van der Waals surface area contributed by atoms with Gasteiger partial charge in [0, 0.05) is 20.2 Å². The molecule has 0 saturated heterocycles. The van der Waals surface area contributed by atoms with Gasteiger partial charge in [-0.05, 0) is 83.9 Å². The van der Waals surface area contributed by atoms with Gasteiger partial charge in [0.2, 0.25) is 0 Å². The van der Waals surface area contributed by atoms with Crippen molar-refractivity contribution in [1.82, 2.24) is 0 Å². The van der Waals surface area contributed by atoms with Crippen molar-refractivity contribution in [3.8, 4) is 33.4 Å². The topological polar surface area (TPSA) is 0 Å². The van der Waals surface area contributed by atoms with E-state index in [0.717, 1.165) is 0 Å². The first-order valence-corrected chi connectivity index (χ1v) is 15.6. The summed E-state index contributed by atoms with van der Waals surface area (Å²) in [6, 6.07) is 58.0. The molecule has 0 atom stereocenters. The SMILES string of the molecule is c1ccc(-c2c3ccccc3c(-c3cccc4ccccc34)c3cc(-c4cccc5sc6ccccc6c45)ccc23)cc1. The van der Waals surface area contributed by atoms with E-state index in [1.807, 2.05) is 11.3 Å². The Morgan fingerprint density at radius 1 is 0.326 bits per heavy atom. The summed E-state index contributed by atoms with van der Waals surface area (Å²) in [6.45, 7) is 0. The van der Waals surface area contributed by atoms with Gasteiger partial charge < -0.3 is 0 Å². The van der Waals surface area contributed by atoms with Crippen LogP contribution >= 0.6 is 11.3 Å². The zero-order chi connectivity index (χ0) is 28.3. The molecule has 0 fully saturated rings. The lowest BCUT2D eigenvalue weighted by molar-refractivity contribution is 1.66. The summed E-state index contributed by atoms with van der Waals surface area (Å²) in [5.74, 6) is 0. The standard InChI is InChI=1S/C42H26S/c1-2-13-28(14-3-1)40-33-17-6-7-18-34(33)41(32-21-10-15-27-12-4-5-16-30(27)32)37-26-29(24-25-35(37)40)31-20-11-23-39-42(31)36-19-8-9-22-38(36)43-39/h1-26H. The monoisotopic (exact) mass is 562 g/mol. The fraction of sp³-hybridized carbons (Fsp3) is 0. The van der Waals surface area contributed by atoms with Gasteiger partial charge in [-0.25, -0.2) is 0 Å². The third-order valence-corrected chi connectivity index (χ3v) is 9.99. The Kier molecular flexibility index (Phi) is 5.47. The number of rotatable bonds is 3. The second-order valence-corrected chi connectivity index (χ2v) is 12.3. The molecule has 0 amide bonds. The van der Waals surface area contributed by atoms with Crippen LogP contribution in [-0.2, 0) is 0 Å². The molecular weight excluding hydrogens is 537 g/mol. The van der Waals surface area contributed by atoms with Crippen LogP contribution in [0.25, 0.3) is 85.9 Å². The lowest BCUT2D eigenvalue weighted by Gasteiger charge is -2.20. The molecule has 0 aliphatic rings. The van der Waals surface area contributed by atoms with Crippen LogP contribution in [0.2, 0.25) is 0 Å². The fourth-order valence-electron chi connectivity index (χ4n) is 7.01. The maximum absolute atomic E-state index is 2.45. The summed E-state index contributed by atoms with van der Waals surface area (Å²) in [5, 5.41) is 10.3. The highest BCUT2D eigenvalue weighted by molar-refractivity contribution is 7.25. The van der Waals surface area contributed by atoms with Gasteiger partial charge in [-0.15, -0.1) is 11.3 Å². The van der Waals surface area contributed by atoms with Gasteiger partial charge >= 0.3 is 0 Å². The molecule has 0 N–H and O–H groups in total. The third kappa shape index (κ3) is 3.75. The summed E-state index contributed by atoms with van der Waals surface area (Å²) in [7, 11) is 0. The van der Waals surface area contributed by atoms with E-state index in [2.05, 4.69) is 158 Å². The van der Waals surface area contributed by atoms with Gasteiger partial charge in [-0.1, -0.05) is 140 Å². The largest absolute Gasteiger partial charge is 0.135 e. The van der Waals surface area contributed by atoms with Crippen molar-refractivity contribution in [2.75, 3.05) is 0 Å². The van der Waals surface area contributed by atoms with E-state index in [-0.39, 0.29) is 0 Å². The maximum atomic E-state index is 2.45. The van der Waals surface area contributed by atoms with E-state index >= 15 is 0 Å². The molecule has 0 aliphatic carbocycles. The number of fused-ring (bicyclic) bond motifs is 6. The Bertz CT molecular complexity index is 2490. The van der Waals surface area contributed by atoms with Crippen LogP contribution in [0.1, 0.15) is 0 Å². The van der Waals surface area contributed by atoms with Crippen molar-refractivity contribution in [3.63, 3.8) is 0 Å². The minimum atomic E-state index is 1.24. The first-order valence-electron chi connectivity index (χ1n) is 14.8. The predicted octanol–water partition coefficient (Wildman–Crippen LogP) is 12.5. The van der Waals surface area contributed by atoms with Crippen LogP contribution in [0.4, 0.5) is 0 Å². The molecule has 8 aromatic carbocycles. The van der Waals surface area contributed by atoms with Crippen LogP contribution in [0.3, 0.4) is 0 Å². The highest BCUT2D eigenvalue weighted by Gasteiger charge is 2.19. The normalized spacial score (nSPS) is 11.7. The third-order valence-electron chi connectivity index (χ3n) is 8.86. The Hall–Kier alpha value is -5.24. The number of benzene rings is 8. The highest BCUT2D eigenvalue weighted by Crippen LogP contribution is 2.47. The summed E-state index contributed by atoms with van der Waals surface area (Å²) >= 11 is 1.88. The van der Waals surface area contributed by atoms with Crippen molar-refractivity contribution >= 4 is 63.8 Å². The molecule has 1 heterocycles. The molecule has 9 aromatic rings. The Labute approximate surface area is 254 Å². The molecular formula is C42H26S. The Morgan fingerprint density at radius 2 is 0.930 bits per heavy atom. The molecule has 0 aliphatic heterocycles. The molecule has 0 radical (unpaired) electrons. The molecule has 0 unspecified atom stereocenters. The number of hydrogen-bond acceptors (Lipinski definition) is 1. The van der Waals surface area contributed by atoms with E-state index in [9.17, 15) is 0 Å². The molecule has 200 valence electrons. The molecule has 0 saturated carbocycles. The average molecular weight is 563 g/mol. The molecule has 9 rings (SSSR count). The van der Waals surface area contributed by atoms with Gasteiger partial charge in [-0.2, -0.15) is 0 Å². The van der Waals surface area contributed by atoms with Crippen molar-refractivity contribution in [2.24, 2.45) is 0 Å². The minimum Gasteiger partial charge on any atom is -0.135 e.